The number of nitrogens with two attached hydrogens (primary N) is 1. The van der Waals surface area contributed by atoms with Crippen LogP contribution in [0.4, 0.5) is 5.82 Å². The van der Waals surface area contributed by atoms with Gasteiger partial charge in [-0.15, -0.1) is 0 Å². The van der Waals surface area contributed by atoms with E-state index in [2.05, 4.69) is 10.3 Å². The molecule has 6 N–H and O–H groups in total. The molecule has 11 nitrogen and oxygen atoms in total. The largest absolute Gasteiger partial charge is 0.508 e. The molecule has 0 saturated heterocycles. The number of ether oxygens (including phenoxy) is 2. The number of phenolic OH excluding ortho intramolecular Hbond substituents is 2. The Morgan fingerprint density at radius 2 is 2.02 bits per heavy atom. The van der Waals surface area contributed by atoms with Crippen LogP contribution in [0, 0.1) is 0 Å². The number of rotatable bonds is 10. The predicted molar refractivity (Wildman–Crippen MR) is 173 cm³/mol. The first kappa shape index (κ1) is 32.5. The number of nitrogens with one attached hydrogen (secondary N) is 1. The quantitative estimate of drug-likeness (QED) is 0.125. The maximum absolute atomic E-state index is 13.5. The Kier molecular flexibility index (Phi) is 9.36. The third-order valence-electron chi connectivity index (χ3n) is 8.30. The number of hydrogen-bond acceptors (Lipinski definition) is 11. The first-order valence-electron chi connectivity index (χ1n) is 15.2. The maximum Gasteiger partial charge on any atom is 0.335 e. The number of allylic oxidation sites excluding steroid dienone is 1. The number of carbonyl (C=O) groups is 1. The van der Waals surface area contributed by atoms with E-state index in [1.807, 2.05) is 13.0 Å². The summed E-state index contributed by atoms with van der Waals surface area (Å²) < 4.78 is 18.8. The molecule has 5 rings (SSSR count). The van der Waals surface area contributed by atoms with E-state index < -0.39 is 35.6 Å². The summed E-state index contributed by atoms with van der Waals surface area (Å²) in [5.74, 6) is -0.856. The molecule has 4 aromatic rings. The predicted octanol–water partition coefficient (Wildman–Crippen LogP) is 4.23. The Hall–Kier alpha value is -4.87. The Morgan fingerprint density at radius 3 is 2.70 bits per heavy atom. The Bertz CT molecular complexity index is 1860. The number of aliphatic hydroxyl groups excluding tert-OH is 1. The lowest BCUT2D eigenvalue weighted by Gasteiger charge is -2.41. The molecular weight excluding hydrogens is 590 g/mol. The summed E-state index contributed by atoms with van der Waals surface area (Å²) in [6.07, 6.45) is 2.77. The van der Waals surface area contributed by atoms with Crippen molar-refractivity contribution in [3.8, 4) is 17.2 Å². The zero-order valence-corrected chi connectivity index (χ0v) is 26.3. The van der Waals surface area contributed by atoms with Crippen molar-refractivity contribution in [3.05, 3.63) is 98.5 Å². The van der Waals surface area contributed by atoms with Gasteiger partial charge in [0.2, 0.25) is 0 Å². The molecule has 2 atom stereocenters. The third kappa shape index (κ3) is 6.42. The van der Waals surface area contributed by atoms with Gasteiger partial charge in [-0.1, -0.05) is 25.1 Å². The number of anilines is 1. The van der Waals surface area contributed by atoms with Crippen molar-refractivity contribution in [1.29, 1.82) is 0 Å². The molecular formula is C35H39N3O8. The second kappa shape index (κ2) is 13.2. The first-order chi connectivity index (χ1) is 22.0. The number of esters is 1. The minimum Gasteiger partial charge on any atom is -0.508 e. The molecule has 0 aliphatic carbocycles. The summed E-state index contributed by atoms with van der Waals surface area (Å²) in [6.45, 7) is 7.72. The highest BCUT2D eigenvalue weighted by atomic mass is 16.6. The normalized spacial score (nSPS) is 16.5. The van der Waals surface area contributed by atoms with Crippen LogP contribution in [0.1, 0.15) is 61.6 Å². The molecule has 0 radical (unpaired) electrons. The van der Waals surface area contributed by atoms with Gasteiger partial charge >= 0.3 is 5.97 Å². The number of carbonyl (C=O) groups excluding carboxylic acids is 1. The smallest absolute Gasteiger partial charge is 0.335 e. The van der Waals surface area contributed by atoms with Crippen LogP contribution in [0.25, 0.3) is 11.0 Å². The maximum atomic E-state index is 13.5. The molecule has 3 heterocycles. The Morgan fingerprint density at radius 1 is 1.24 bits per heavy atom. The second-order valence-electron chi connectivity index (χ2n) is 11.8. The monoisotopic (exact) mass is 629 g/mol. The zero-order chi connectivity index (χ0) is 33.2. The highest BCUT2D eigenvalue weighted by Gasteiger charge is 2.44. The van der Waals surface area contributed by atoms with E-state index in [1.54, 1.807) is 63.4 Å². The lowest BCUT2D eigenvalue weighted by Crippen LogP contribution is -2.49. The van der Waals surface area contributed by atoms with Gasteiger partial charge in [-0.05, 0) is 69.1 Å². The van der Waals surface area contributed by atoms with E-state index in [0.29, 0.717) is 36.2 Å². The number of likely N-dealkylation sites (N-methyl/N-ethyl adjacent to an activating group) is 1. The van der Waals surface area contributed by atoms with Gasteiger partial charge in [-0.3, -0.25) is 4.79 Å². The minimum absolute atomic E-state index is 0.00453. The van der Waals surface area contributed by atoms with E-state index in [9.17, 15) is 24.9 Å². The summed E-state index contributed by atoms with van der Waals surface area (Å²) >= 11 is 0. The molecule has 2 aromatic heterocycles. The van der Waals surface area contributed by atoms with Gasteiger partial charge in [0.15, 0.2) is 5.43 Å². The van der Waals surface area contributed by atoms with Crippen LogP contribution in [0.5, 0.6) is 17.2 Å². The van der Waals surface area contributed by atoms with Gasteiger partial charge in [0.05, 0.1) is 0 Å². The molecule has 0 fully saturated rings. The number of aromatic hydroxyl groups is 2. The molecule has 0 bridgehead atoms. The number of nitrogens with zero attached hydrogens (tertiary/aromatic N) is 1. The molecule has 0 amide bonds. The van der Waals surface area contributed by atoms with E-state index in [4.69, 9.17) is 19.6 Å². The summed E-state index contributed by atoms with van der Waals surface area (Å²) in [6, 6.07) is 11.4. The molecule has 0 unspecified atom stereocenters. The molecule has 11 heteroatoms. The average Bonchev–Trinajstić information content (AvgIpc) is 3.01. The van der Waals surface area contributed by atoms with Gasteiger partial charge in [0.25, 0.3) is 0 Å². The number of hydrogen-bond donors (Lipinski definition) is 5. The summed E-state index contributed by atoms with van der Waals surface area (Å²) in [4.78, 5) is 30.9. The van der Waals surface area contributed by atoms with E-state index in [0.717, 1.165) is 11.6 Å². The van der Waals surface area contributed by atoms with Crippen LogP contribution in [-0.2, 0) is 29.0 Å². The van der Waals surface area contributed by atoms with E-state index >= 15 is 0 Å². The molecule has 2 aromatic carbocycles. The van der Waals surface area contributed by atoms with Crippen molar-refractivity contribution in [2.24, 2.45) is 0 Å². The van der Waals surface area contributed by atoms with Crippen molar-refractivity contribution >= 4 is 22.8 Å². The summed E-state index contributed by atoms with van der Waals surface area (Å²) in [5, 5.41) is 34.9. The third-order valence-corrected chi connectivity index (χ3v) is 8.30. The lowest BCUT2D eigenvalue weighted by molar-refractivity contribution is -0.156. The van der Waals surface area contributed by atoms with Gasteiger partial charge in [-0.2, -0.15) is 0 Å². The lowest BCUT2D eigenvalue weighted by atomic mass is 9.80. The molecule has 1 aliphatic heterocycles. The van der Waals surface area contributed by atoms with Crippen molar-refractivity contribution in [3.63, 3.8) is 0 Å². The Labute approximate surface area is 266 Å². The SMILES string of the molecule is C/C=C(/CNCC)C(=O)O[C@@H]1Cc2c(c([C@H](Cc3cccc(O)c3)c3ccnc(N)c3)c3oc(CO)cc(=O)c3c2O)OC1(C)C. The van der Waals surface area contributed by atoms with Gasteiger partial charge in [0, 0.05) is 47.8 Å². The molecule has 242 valence electrons. The van der Waals surface area contributed by atoms with Crippen molar-refractivity contribution in [2.75, 3.05) is 18.8 Å². The van der Waals surface area contributed by atoms with Crippen molar-refractivity contribution in [2.45, 2.75) is 64.8 Å². The standard InChI is InChI=1S/C35H39N3O8/c1-5-20(17-37-6-2)34(43)45-27-16-25-31(42)30-26(41)15-23(18-39)44-33(30)29(32(25)46-35(27,3)4)24(21-10-11-38-28(36)14-21)13-19-8-7-9-22(40)12-19/h5,7-12,14-15,24,27,37,39-40,42H,6,13,16-18H2,1-4H3,(H2,36,38)/b20-5-/t24-,27-/m1/s1. The molecule has 1 aliphatic rings. The topological polar surface area (TPSA) is 177 Å². The van der Waals surface area contributed by atoms with Crippen LogP contribution in [0.15, 0.2) is 69.5 Å². The highest BCUT2D eigenvalue weighted by Crippen LogP contribution is 2.50. The fraction of sp³-hybridized carbons (Fsp3) is 0.343. The van der Waals surface area contributed by atoms with Crippen LogP contribution in [0.2, 0.25) is 0 Å². The highest BCUT2D eigenvalue weighted by molar-refractivity contribution is 5.92. The minimum atomic E-state index is -1.09. The number of pyridine rings is 1. The molecule has 0 saturated carbocycles. The molecule has 0 spiro atoms. The van der Waals surface area contributed by atoms with Crippen molar-refractivity contribution in [1.82, 2.24) is 10.3 Å². The fourth-order valence-corrected chi connectivity index (χ4v) is 5.87. The van der Waals surface area contributed by atoms with Crippen LogP contribution < -0.4 is 21.2 Å². The number of aliphatic hydroxyl groups is 1. The Balaban J connectivity index is 1.75. The van der Waals surface area contributed by atoms with E-state index in [-0.39, 0.29) is 51.8 Å². The summed E-state index contributed by atoms with van der Waals surface area (Å²) in [7, 11) is 0. The zero-order valence-electron chi connectivity index (χ0n) is 26.3. The fourth-order valence-electron chi connectivity index (χ4n) is 5.87. The van der Waals surface area contributed by atoms with Crippen LogP contribution in [-0.4, -0.2) is 51.1 Å². The van der Waals surface area contributed by atoms with Crippen LogP contribution >= 0.6 is 0 Å². The first-order valence-corrected chi connectivity index (χ1v) is 15.2. The number of benzene rings is 2. The number of nitrogen functional groups attached to an aromatic ring is 1. The van der Waals surface area contributed by atoms with Gasteiger partial charge < -0.3 is 40.3 Å². The van der Waals surface area contributed by atoms with Crippen molar-refractivity contribution < 1.29 is 34.0 Å². The number of aromatic nitrogens is 1. The second-order valence-corrected chi connectivity index (χ2v) is 11.8. The van der Waals surface area contributed by atoms with Gasteiger partial charge in [-0.25, -0.2) is 9.78 Å². The average molecular weight is 630 g/mol. The molecule has 46 heavy (non-hydrogen) atoms. The number of phenols is 2. The summed E-state index contributed by atoms with van der Waals surface area (Å²) in [5.41, 5.74) is 7.15. The van der Waals surface area contributed by atoms with Gasteiger partial charge in [0.1, 0.15) is 58.1 Å². The van der Waals surface area contributed by atoms with Crippen LogP contribution in [0.3, 0.4) is 0 Å². The van der Waals surface area contributed by atoms with E-state index in [1.165, 1.54) is 0 Å². The number of fused-ring (bicyclic) bond motifs is 2.